The highest BCUT2D eigenvalue weighted by Crippen LogP contribution is 2.22. The van der Waals surface area contributed by atoms with E-state index in [0.29, 0.717) is 10.7 Å². The van der Waals surface area contributed by atoms with Gasteiger partial charge in [0.1, 0.15) is 5.82 Å². The number of carbonyl (C=O) groups is 1. The third-order valence-electron chi connectivity index (χ3n) is 3.65. The molecule has 0 bridgehead atoms. The number of nitrogens with one attached hydrogen (secondary N) is 1. The molecule has 1 N–H and O–H groups in total. The summed E-state index contributed by atoms with van der Waals surface area (Å²) in [4.78, 5) is 22.2. The van der Waals surface area contributed by atoms with E-state index >= 15 is 0 Å². The van der Waals surface area contributed by atoms with Crippen LogP contribution in [0.1, 0.15) is 19.8 Å². The van der Waals surface area contributed by atoms with Crippen LogP contribution in [0.3, 0.4) is 0 Å². The van der Waals surface area contributed by atoms with Gasteiger partial charge in [0.2, 0.25) is 5.91 Å². The molecule has 1 saturated heterocycles. The van der Waals surface area contributed by atoms with Gasteiger partial charge in [0.15, 0.2) is 5.65 Å². The van der Waals surface area contributed by atoms with Crippen molar-refractivity contribution < 1.29 is 4.79 Å². The molecule has 1 aliphatic heterocycles. The summed E-state index contributed by atoms with van der Waals surface area (Å²) in [6, 6.07) is 6.01. The highest BCUT2D eigenvalue weighted by Gasteiger charge is 2.21. The molecule has 2 aromatic rings. The van der Waals surface area contributed by atoms with Crippen LogP contribution in [0, 0.1) is 0 Å². The highest BCUT2D eigenvalue weighted by atomic mass is 35.5. The second-order valence-corrected chi connectivity index (χ2v) is 5.79. The van der Waals surface area contributed by atoms with Crippen molar-refractivity contribution in [3.05, 3.63) is 29.4 Å². The highest BCUT2D eigenvalue weighted by molar-refractivity contribution is 6.31. The van der Waals surface area contributed by atoms with Gasteiger partial charge in [0.25, 0.3) is 0 Å². The number of fused-ring (bicyclic) bond motifs is 1. The van der Waals surface area contributed by atoms with E-state index in [1.165, 1.54) is 0 Å². The first-order valence-electron chi connectivity index (χ1n) is 7.06. The lowest BCUT2D eigenvalue weighted by molar-refractivity contribution is -0.119. The number of pyridine rings is 2. The van der Waals surface area contributed by atoms with Crippen molar-refractivity contribution in [2.45, 2.75) is 25.8 Å². The summed E-state index contributed by atoms with van der Waals surface area (Å²) in [6.07, 6.45) is 3.66. The maximum absolute atomic E-state index is 11.2. The average Bonchev–Trinajstić information content (AvgIpc) is 2.46. The lowest BCUT2D eigenvalue weighted by Crippen LogP contribution is -2.47. The second kappa shape index (κ2) is 5.85. The van der Waals surface area contributed by atoms with Crippen LogP contribution in [0.25, 0.3) is 11.0 Å². The van der Waals surface area contributed by atoms with Crippen LogP contribution < -0.4 is 10.2 Å². The Hall–Kier alpha value is -1.88. The van der Waals surface area contributed by atoms with Crippen LogP contribution in [-0.2, 0) is 4.79 Å². The monoisotopic (exact) mass is 304 g/mol. The molecule has 0 radical (unpaired) electrons. The van der Waals surface area contributed by atoms with E-state index in [9.17, 15) is 4.79 Å². The molecule has 0 aromatic carbocycles. The first-order chi connectivity index (χ1) is 10.1. The van der Waals surface area contributed by atoms with E-state index in [1.54, 1.807) is 13.1 Å². The molecule has 1 atom stereocenters. The van der Waals surface area contributed by atoms with Crippen molar-refractivity contribution in [2.24, 2.45) is 0 Å². The number of piperidine rings is 1. The van der Waals surface area contributed by atoms with Gasteiger partial charge in [-0.25, -0.2) is 9.97 Å². The third kappa shape index (κ3) is 3.24. The minimum Gasteiger partial charge on any atom is -0.354 e. The SMILES string of the molecule is CC(=O)NC1CCCN(c2ccc3cc(Cl)cnc3n2)C1. The first-order valence-corrected chi connectivity index (χ1v) is 7.44. The summed E-state index contributed by atoms with van der Waals surface area (Å²) < 4.78 is 0. The van der Waals surface area contributed by atoms with Gasteiger partial charge in [-0.1, -0.05) is 11.6 Å². The Labute approximate surface area is 128 Å². The molecule has 3 heterocycles. The molecule has 2 aromatic heterocycles. The number of amides is 1. The number of hydrogen-bond acceptors (Lipinski definition) is 4. The zero-order valence-electron chi connectivity index (χ0n) is 11.8. The molecule has 3 rings (SSSR count). The van der Waals surface area contributed by atoms with Gasteiger partial charge in [-0.05, 0) is 31.0 Å². The van der Waals surface area contributed by atoms with E-state index in [1.807, 2.05) is 18.2 Å². The summed E-state index contributed by atoms with van der Waals surface area (Å²) in [6.45, 7) is 3.29. The van der Waals surface area contributed by atoms with Crippen LogP contribution in [0.4, 0.5) is 5.82 Å². The van der Waals surface area contributed by atoms with Gasteiger partial charge in [-0.15, -0.1) is 0 Å². The van der Waals surface area contributed by atoms with Crippen molar-refractivity contribution in [2.75, 3.05) is 18.0 Å². The van der Waals surface area contributed by atoms with Crippen LogP contribution in [-0.4, -0.2) is 35.0 Å². The van der Waals surface area contributed by atoms with Crippen molar-refractivity contribution in [3.63, 3.8) is 0 Å². The predicted molar refractivity (Wildman–Crippen MR) is 83.6 cm³/mol. The number of nitrogens with zero attached hydrogens (tertiary/aromatic N) is 3. The number of carbonyl (C=O) groups excluding carboxylic acids is 1. The van der Waals surface area contributed by atoms with Gasteiger partial charge >= 0.3 is 0 Å². The summed E-state index contributed by atoms with van der Waals surface area (Å²) >= 11 is 5.93. The smallest absolute Gasteiger partial charge is 0.217 e. The van der Waals surface area contributed by atoms with Crippen molar-refractivity contribution in [1.29, 1.82) is 0 Å². The third-order valence-corrected chi connectivity index (χ3v) is 3.85. The zero-order valence-corrected chi connectivity index (χ0v) is 12.6. The average molecular weight is 305 g/mol. The number of hydrogen-bond donors (Lipinski definition) is 1. The summed E-state index contributed by atoms with van der Waals surface area (Å²) in [5.41, 5.74) is 0.693. The van der Waals surface area contributed by atoms with E-state index in [-0.39, 0.29) is 11.9 Å². The quantitative estimate of drug-likeness (QED) is 0.925. The molecule has 1 fully saturated rings. The van der Waals surface area contributed by atoms with E-state index in [2.05, 4.69) is 20.2 Å². The second-order valence-electron chi connectivity index (χ2n) is 5.36. The molecule has 6 heteroatoms. The summed E-state index contributed by atoms with van der Waals surface area (Å²) in [5.74, 6) is 0.914. The van der Waals surface area contributed by atoms with Crippen LogP contribution in [0.2, 0.25) is 5.02 Å². The summed E-state index contributed by atoms with van der Waals surface area (Å²) in [5, 5.41) is 4.53. The van der Waals surface area contributed by atoms with Crippen molar-refractivity contribution in [1.82, 2.24) is 15.3 Å². The standard InChI is InChI=1S/C15H17ClN4O/c1-10(21)18-13-3-2-6-20(9-13)14-5-4-11-7-12(16)8-17-15(11)19-14/h4-5,7-8,13H,2-3,6,9H2,1H3,(H,18,21). The molecule has 0 saturated carbocycles. The minimum atomic E-state index is 0.0182. The summed E-state index contributed by atoms with van der Waals surface area (Å²) in [7, 11) is 0. The Balaban J connectivity index is 1.82. The van der Waals surface area contributed by atoms with Crippen LogP contribution in [0.15, 0.2) is 24.4 Å². The first kappa shape index (κ1) is 14.1. The van der Waals surface area contributed by atoms with Gasteiger partial charge < -0.3 is 10.2 Å². The fourth-order valence-electron chi connectivity index (χ4n) is 2.74. The molecule has 0 aliphatic carbocycles. The van der Waals surface area contributed by atoms with Crippen molar-refractivity contribution in [3.8, 4) is 0 Å². The Morgan fingerprint density at radius 3 is 3.14 bits per heavy atom. The molecule has 1 unspecified atom stereocenters. The molecule has 5 nitrogen and oxygen atoms in total. The van der Waals surface area contributed by atoms with Crippen LogP contribution in [0.5, 0.6) is 0 Å². The molecule has 0 spiro atoms. The largest absolute Gasteiger partial charge is 0.354 e. The van der Waals surface area contributed by atoms with Gasteiger partial charge in [0, 0.05) is 37.6 Å². The lowest BCUT2D eigenvalue weighted by Gasteiger charge is -2.33. The lowest BCUT2D eigenvalue weighted by atomic mass is 10.1. The van der Waals surface area contributed by atoms with E-state index < -0.39 is 0 Å². The van der Waals surface area contributed by atoms with E-state index in [4.69, 9.17) is 11.6 Å². The Bertz CT molecular complexity index is 676. The number of aromatic nitrogens is 2. The van der Waals surface area contributed by atoms with Gasteiger partial charge in [-0.3, -0.25) is 4.79 Å². The fourth-order valence-corrected chi connectivity index (χ4v) is 2.91. The molecule has 1 aliphatic rings. The van der Waals surface area contributed by atoms with Crippen LogP contribution >= 0.6 is 11.6 Å². The van der Waals surface area contributed by atoms with Crippen molar-refractivity contribution >= 4 is 34.4 Å². The number of halogens is 1. The predicted octanol–water partition coefficient (Wildman–Crippen LogP) is 2.39. The normalized spacial score (nSPS) is 18.8. The molecule has 1 amide bonds. The van der Waals surface area contributed by atoms with E-state index in [0.717, 1.165) is 37.1 Å². The maximum Gasteiger partial charge on any atom is 0.217 e. The zero-order chi connectivity index (χ0) is 14.8. The van der Waals surface area contributed by atoms with Gasteiger partial charge in [-0.2, -0.15) is 0 Å². The molecule has 21 heavy (non-hydrogen) atoms. The fraction of sp³-hybridized carbons (Fsp3) is 0.400. The molecular weight excluding hydrogens is 288 g/mol. The minimum absolute atomic E-state index is 0.0182. The molecular formula is C15H17ClN4O. The number of rotatable bonds is 2. The Kier molecular flexibility index (Phi) is 3.92. The maximum atomic E-state index is 11.2. The Morgan fingerprint density at radius 2 is 2.33 bits per heavy atom. The molecule has 110 valence electrons. The topological polar surface area (TPSA) is 58.1 Å². The van der Waals surface area contributed by atoms with Gasteiger partial charge in [0.05, 0.1) is 5.02 Å². The Morgan fingerprint density at radius 1 is 1.48 bits per heavy atom. The number of anilines is 1.